The van der Waals surface area contributed by atoms with E-state index in [2.05, 4.69) is 14.9 Å². The summed E-state index contributed by atoms with van der Waals surface area (Å²) >= 11 is 1.08. The van der Waals surface area contributed by atoms with E-state index in [0.29, 0.717) is 16.3 Å². The van der Waals surface area contributed by atoms with Crippen LogP contribution in [0.25, 0.3) is 11.3 Å². The molecule has 3 aromatic rings. The lowest BCUT2D eigenvalue weighted by molar-refractivity contribution is 0.103. The standard InChI is InChI=1S/C18H17N3O2S/c1-11-7-8-14(9-12(11)2)19-18(22)17-16(20-21-24-17)13-5-4-6-15(10-13)23-3/h4-10H,1-3H3,(H,19,22). The molecule has 0 aliphatic rings. The maximum atomic E-state index is 12.6. The molecule has 0 aliphatic carbocycles. The lowest BCUT2D eigenvalue weighted by Gasteiger charge is -2.08. The van der Waals surface area contributed by atoms with Crippen LogP contribution in [0.1, 0.15) is 20.8 Å². The van der Waals surface area contributed by atoms with Crippen molar-refractivity contribution in [2.45, 2.75) is 13.8 Å². The smallest absolute Gasteiger partial charge is 0.269 e. The van der Waals surface area contributed by atoms with Gasteiger partial charge in [0.25, 0.3) is 5.91 Å². The average molecular weight is 339 g/mol. The monoisotopic (exact) mass is 339 g/mol. The number of aryl methyl sites for hydroxylation is 2. The molecule has 0 atom stereocenters. The van der Waals surface area contributed by atoms with Crippen LogP contribution in [0, 0.1) is 13.8 Å². The van der Waals surface area contributed by atoms with Crippen molar-refractivity contribution in [3.8, 4) is 17.0 Å². The summed E-state index contributed by atoms with van der Waals surface area (Å²) in [6.45, 7) is 4.05. The average Bonchev–Trinajstić information content (AvgIpc) is 3.08. The Labute approximate surface area is 144 Å². The van der Waals surface area contributed by atoms with Gasteiger partial charge in [0.15, 0.2) is 0 Å². The van der Waals surface area contributed by atoms with Gasteiger partial charge < -0.3 is 10.1 Å². The van der Waals surface area contributed by atoms with Crippen LogP contribution in [0.15, 0.2) is 42.5 Å². The van der Waals surface area contributed by atoms with E-state index in [1.807, 2.05) is 56.3 Å². The van der Waals surface area contributed by atoms with E-state index >= 15 is 0 Å². The van der Waals surface area contributed by atoms with Gasteiger partial charge >= 0.3 is 0 Å². The van der Waals surface area contributed by atoms with Crippen LogP contribution < -0.4 is 10.1 Å². The molecule has 1 amide bonds. The Bertz CT molecular complexity index is 889. The first-order valence-corrected chi connectivity index (χ1v) is 8.21. The third kappa shape index (κ3) is 3.28. The number of rotatable bonds is 4. The van der Waals surface area contributed by atoms with Gasteiger partial charge in [0.2, 0.25) is 0 Å². The SMILES string of the molecule is COc1cccc(-c2nnsc2C(=O)Nc2ccc(C)c(C)c2)c1. The van der Waals surface area contributed by atoms with Crippen LogP contribution in [0.3, 0.4) is 0 Å². The van der Waals surface area contributed by atoms with Crippen molar-refractivity contribution in [2.24, 2.45) is 0 Å². The number of carbonyl (C=O) groups is 1. The Hall–Kier alpha value is -2.73. The van der Waals surface area contributed by atoms with Gasteiger partial charge in [-0.15, -0.1) is 5.10 Å². The highest BCUT2D eigenvalue weighted by Gasteiger charge is 2.18. The van der Waals surface area contributed by atoms with Gasteiger partial charge in [-0.1, -0.05) is 22.7 Å². The van der Waals surface area contributed by atoms with Gasteiger partial charge in [-0.05, 0) is 60.8 Å². The number of anilines is 1. The number of hydrogen-bond donors (Lipinski definition) is 1. The topological polar surface area (TPSA) is 64.1 Å². The van der Waals surface area contributed by atoms with Crippen LogP contribution in [-0.4, -0.2) is 22.6 Å². The molecule has 3 rings (SSSR count). The van der Waals surface area contributed by atoms with Crippen LogP contribution in [0.2, 0.25) is 0 Å². The van der Waals surface area contributed by atoms with E-state index < -0.39 is 0 Å². The normalized spacial score (nSPS) is 10.5. The molecule has 2 aromatic carbocycles. The first-order chi connectivity index (χ1) is 11.6. The van der Waals surface area contributed by atoms with E-state index in [-0.39, 0.29) is 5.91 Å². The summed E-state index contributed by atoms with van der Waals surface area (Å²) < 4.78 is 9.17. The number of hydrogen-bond acceptors (Lipinski definition) is 5. The van der Waals surface area contributed by atoms with Crippen LogP contribution in [-0.2, 0) is 0 Å². The fourth-order valence-corrected chi connectivity index (χ4v) is 2.89. The second-order valence-electron chi connectivity index (χ2n) is 5.44. The molecule has 0 bridgehead atoms. The van der Waals surface area contributed by atoms with E-state index in [9.17, 15) is 4.79 Å². The summed E-state index contributed by atoms with van der Waals surface area (Å²) in [5, 5.41) is 7.02. The zero-order chi connectivity index (χ0) is 17.1. The lowest BCUT2D eigenvalue weighted by Crippen LogP contribution is -2.11. The Balaban J connectivity index is 1.88. The molecule has 0 aliphatic heterocycles. The second-order valence-corrected chi connectivity index (χ2v) is 6.19. The molecule has 122 valence electrons. The predicted octanol–water partition coefficient (Wildman–Crippen LogP) is 4.08. The van der Waals surface area contributed by atoms with E-state index in [0.717, 1.165) is 28.3 Å². The Morgan fingerprint density at radius 2 is 1.96 bits per heavy atom. The molecule has 1 N–H and O–H groups in total. The first-order valence-electron chi connectivity index (χ1n) is 7.44. The maximum absolute atomic E-state index is 12.6. The predicted molar refractivity (Wildman–Crippen MR) is 95.8 cm³/mol. The zero-order valence-corrected chi connectivity index (χ0v) is 14.5. The molecule has 0 unspecified atom stereocenters. The van der Waals surface area contributed by atoms with Gasteiger partial charge in [-0.2, -0.15) is 0 Å². The number of methoxy groups -OCH3 is 1. The number of amides is 1. The Kier molecular flexibility index (Phi) is 4.57. The van der Waals surface area contributed by atoms with Crippen molar-refractivity contribution in [3.05, 3.63) is 58.5 Å². The van der Waals surface area contributed by atoms with Crippen LogP contribution >= 0.6 is 11.5 Å². The second kappa shape index (κ2) is 6.80. The summed E-state index contributed by atoms with van der Waals surface area (Å²) in [5.74, 6) is 0.493. The van der Waals surface area contributed by atoms with Crippen LogP contribution in [0.5, 0.6) is 5.75 Å². The number of carbonyl (C=O) groups excluding carboxylic acids is 1. The van der Waals surface area contributed by atoms with Crippen molar-refractivity contribution in [3.63, 3.8) is 0 Å². The van der Waals surface area contributed by atoms with Crippen LogP contribution in [0.4, 0.5) is 5.69 Å². The molecule has 0 radical (unpaired) electrons. The molecule has 0 fully saturated rings. The quantitative estimate of drug-likeness (QED) is 0.778. The van der Waals surface area contributed by atoms with Gasteiger partial charge in [0.05, 0.1) is 7.11 Å². The van der Waals surface area contributed by atoms with E-state index in [1.165, 1.54) is 5.56 Å². The number of benzene rings is 2. The highest BCUT2D eigenvalue weighted by molar-refractivity contribution is 7.08. The van der Waals surface area contributed by atoms with Gasteiger partial charge in [0, 0.05) is 11.3 Å². The molecule has 0 saturated carbocycles. The minimum atomic E-state index is -0.217. The van der Waals surface area contributed by atoms with Crippen molar-refractivity contribution in [1.82, 2.24) is 9.59 Å². The van der Waals surface area contributed by atoms with E-state index in [4.69, 9.17) is 4.74 Å². The molecular formula is C18H17N3O2S. The van der Waals surface area contributed by atoms with Crippen molar-refractivity contribution < 1.29 is 9.53 Å². The van der Waals surface area contributed by atoms with Gasteiger partial charge in [0.1, 0.15) is 16.3 Å². The summed E-state index contributed by atoms with van der Waals surface area (Å²) in [7, 11) is 1.60. The number of aromatic nitrogens is 2. The third-order valence-electron chi connectivity index (χ3n) is 3.80. The lowest BCUT2D eigenvalue weighted by atomic mass is 10.1. The van der Waals surface area contributed by atoms with Crippen molar-refractivity contribution in [2.75, 3.05) is 12.4 Å². The van der Waals surface area contributed by atoms with Gasteiger partial charge in [-0.3, -0.25) is 4.79 Å². The number of ether oxygens (including phenoxy) is 1. The Morgan fingerprint density at radius 1 is 1.12 bits per heavy atom. The molecule has 1 heterocycles. The molecule has 6 heteroatoms. The summed E-state index contributed by atoms with van der Waals surface area (Å²) in [6.07, 6.45) is 0. The molecular weight excluding hydrogens is 322 g/mol. The first kappa shape index (κ1) is 16.1. The molecule has 1 aromatic heterocycles. The molecule has 0 saturated heterocycles. The van der Waals surface area contributed by atoms with E-state index in [1.54, 1.807) is 7.11 Å². The summed E-state index contributed by atoms with van der Waals surface area (Å²) in [6, 6.07) is 13.2. The molecule has 5 nitrogen and oxygen atoms in total. The third-order valence-corrected chi connectivity index (χ3v) is 4.53. The summed E-state index contributed by atoms with van der Waals surface area (Å²) in [5.41, 5.74) is 4.43. The number of nitrogens with one attached hydrogen (secondary N) is 1. The minimum absolute atomic E-state index is 0.217. The fraction of sp³-hybridized carbons (Fsp3) is 0.167. The number of nitrogens with zero attached hydrogens (tertiary/aromatic N) is 2. The molecule has 24 heavy (non-hydrogen) atoms. The Morgan fingerprint density at radius 3 is 2.71 bits per heavy atom. The van der Waals surface area contributed by atoms with Crippen molar-refractivity contribution >= 4 is 23.1 Å². The highest BCUT2D eigenvalue weighted by Crippen LogP contribution is 2.27. The minimum Gasteiger partial charge on any atom is -0.497 e. The largest absolute Gasteiger partial charge is 0.497 e. The maximum Gasteiger partial charge on any atom is 0.269 e. The highest BCUT2D eigenvalue weighted by atomic mass is 32.1. The molecule has 0 spiro atoms. The summed E-state index contributed by atoms with van der Waals surface area (Å²) in [4.78, 5) is 13.1. The van der Waals surface area contributed by atoms with Gasteiger partial charge in [-0.25, -0.2) is 0 Å². The fourth-order valence-electron chi connectivity index (χ4n) is 2.31. The zero-order valence-electron chi connectivity index (χ0n) is 13.7. The van der Waals surface area contributed by atoms with Crippen molar-refractivity contribution in [1.29, 1.82) is 0 Å².